The minimum atomic E-state index is 0.397. The first kappa shape index (κ1) is 12.4. The summed E-state index contributed by atoms with van der Waals surface area (Å²) in [4.78, 5) is 0. The fourth-order valence-electron chi connectivity index (χ4n) is 2.67. The molecule has 4 heteroatoms. The van der Waals surface area contributed by atoms with Gasteiger partial charge in [-0.15, -0.1) is 0 Å². The van der Waals surface area contributed by atoms with Gasteiger partial charge in [-0.1, -0.05) is 18.2 Å². The van der Waals surface area contributed by atoms with Gasteiger partial charge in [-0.3, -0.25) is 0 Å². The average molecular weight is 475 g/mol. The quantitative estimate of drug-likeness (QED) is 0.397. The molecule has 0 aliphatic carbocycles. The first-order chi connectivity index (χ1) is 9.24. The molecule has 96 valence electrons. The molecule has 0 amide bonds. The van der Waals surface area contributed by atoms with Crippen LogP contribution >= 0.6 is 45.2 Å². The Morgan fingerprint density at radius 2 is 1.95 bits per heavy atom. The zero-order valence-electron chi connectivity index (χ0n) is 10.1. The molecule has 1 atom stereocenters. The number of aromatic nitrogens is 1. The summed E-state index contributed by atoms with van der Waals surface area (Å²) in [6.45, 7) is 1.86. The van der Waals surface area contributed by atoms with E-state index in [-0.39, 0.29) is 0 Å². The van der Waals surface area contributed by atoms with Crippen LogP contribution in [0.25, 0.3) is 21.8 Å². The van der Waals surface area contributed by atoms with Crippen molar-refractivity contribution in [2.75, 3.05) is 6.61 Å². The standard InChI is InChI=1S/C15H11I2NO/c16-9-5-12-11-3-1-2-4-14(11)18(7-10-8-19-10)15(12)13(17)6-9/h1-6,10H,7-8H2. The first-order valence-electron chi connectivity index (χ1n) is 6.21. The third-order valence-corrected chi connectivity index (χ3v) is 5.02. The number of benzene rings is 2. The van der Waals surface area contributed by atoms with E-state index in [1.165, 1.54) is 28.9 Å². The molecular formula is C15H11I2NO. The van der Waals surface area contributed by atoms with Crippen molar-refractivity contribution in [1.29, 1.82) is 0 Å². The van der Waals surface area contributed by atoms with Crippen LogP contribution in [0.5, 0.6) is 0 Å². The second kappa shape index (κ2) is 4.60. The summed E-state index contributed by atoms with van der Waals surface area (Å²) in [6, 6.07) is 13.2. The van der Waals surface area contributed by atoms with Gasteiger partial charge in [-0.25, -0.2) is 0 Å². The maximum Gasteiger partial charge on any atom is 0.0988 e. The van der Waals surface area contributed by atoms with E-state index in [1.54, 1.807) is 0 Å². The lowest BCUT2D eigenvalue weighted by Gasteiger charge is -2.06. The Balaban J connectivity index is 2.14. The summed E-state index contributed by atoms with van der Waals surface area (Å²) in [5, 5.41) is 2.70. The Morgan fingerprint density at radius 3 is 2.74 bits per heavy atom. The summed E-state index contributed by atoms with van der Waals surface area (Å²) in [6.07, 6.45) is 0.397. The highest BCUT2D eigenvalue weighted by molar-refractivity contribution is 14.1. The van der Waals surface area contributed by atoms with Gasteiger partial charge in [-0.05, 0) is 63.4 Å². The van der Waals surface area contributed by atoms with E-state index in [2.05, 4.69) is 86.1 Å². The number of nitrogens with zero attached hydrogens (tertiary/aromatic N) is 1. The third-order valence-electron chi connectivity index (χ3n) is 3.57. The van der Waals surface area contributed by atoms with E-state index in [9.17, 15) is 0 Å². The smallest absolute Gasteiger partial charge is 0.0988 e. The number of hydrogen-bond acceptors (Lipinski definition) is 1. The molecule has 0 N–H and O–H groups in total. The van der Waals surface area contributed by atoms with Crippen LogP contribution in [-0.4, -0.2) is 17.3 Å². The second-order valence-corrected chi connectivity index (χ2v) is 7.27. The van der Waals surface area contributed by atoms with E-state index in [0.717, 1.165) is 13.2 Å². The molecule has 1 unspecified atom stereocenters. The highest BCUT2D eigenvalue weighted by atomic mass is 127. The maximum absolute atomic E-state index is 5.42. The van der Waals surface area contributed by atoms with Gasteiger partial charge in [0.15, 0.2) is 0 Å². The molecule has 0 radical (unpaired) electrons. The Bertz CT molecular complexity index is 790. The number of epoxide rings is 1. The molecule has 2 aromatic carbocycles. The molecule has 4 rings (SSSR count). The molecule has 1 saturated heterocycles. The highest BCUT2D eigenvalue weighted by Crippen LogP contribution is 2.34. The molecule has 0 spiro atoms. The van der Waals surface area contributed by atoms with Crippen LogP contribution in [-0.2, 0) is 11.3 Å². The number of fused-ring (bicyclic) bond motifs is 3. The van der Waals surface area contributed by atoms with Crippen LogP contribution < -0.4 is 0 Å². The highest BCUT2D eigenvalue weighted by Gasteiger charge is 2.25. The maximum atomic E-state index is 5.42. The molecule has 1 aliphatic rings. The van der Waals surface area contributed by atoms with Crippen molar-refractivity contribution >= 4 is 67.0 Å². The molecule has 0 saturated carbocycles. The number of ether oxygens (including phenoxy) is 1. The SMILES string of the molecule is Ic1cc(I)c2c(c1)c1ccccc1n2CC1CO1. The summed E-state index contributed by atoms with van der Waals surface area (Å²) < 4.78 is 10.4. The zero-order valence-corrected chi connectivity index (χ0v) is 14.4. The van der Waals surface area contributed by atoms with Gasteiger partial charge in [0, 0.05) is 23.4 Å². The molecule has 1 fully saturated rings. The number of hydrogen-bond donors (Lipinski definition) is 0. The van der Waals surface area contributed by atoms with E-state index in [0.29, 0.717) is 6.10 Å². The van der Waals surface area contributed by atoms with Crippen LogP contribution in [0.15, 0.2) is 36.4 Å². The van der Waals surface area contributed by atoms with Gasteiger partial charge in [-0.2, -0.15) is 0 Å². The largest absolute Gasteiger partial charge is 0.371 e. The molecule has 0 bridgehead atoms. The van der Waals surface area contributed by atoms with E-state index in [4.69, 9.17) is 4.74 Å². The molecule has 1 aliphatic heterocycles. The lowest BCUT2D eigenvalue weighted by molar-refractivity contribution is 0.387. The van der Waals surface area contributed by atoms with Crippen molar-refractivity contribution in [2.24, 2.45) is 0 Å². The van der Waals surface area contributed by atoms with E-state index < -0.39 is 0 Å². The Morgan fingerprint density at radius 1 is 1.16 bits per heavy atom. The lowest BCUT2D eigenvalue weighted by atomic mass is 10.2. The van der Waals surface area contributed by atoms with E-state index in [1.807, 2.05) is 0 Å². The molecular weight excluding hydrogens is 464 g/mol. The minimum Gasteiger partial charge on any atom is -0.371 e. The monoisotopic (exact) mass is 475 g/mol. The van der Waals surface area contributed by atoms with Crippen molar-refractivity contribution < 1.29 is 4.74 Å². The van der Waals surface area contributed by atoms with E-state index >= 15 is 0 Å². The minimum absolute atomic E-state index is 0.397. The van der Waals surface area contributed by atoms with Crippen LogP contribution in [0, 0.1) is 7.14 Å². The molecule has 2 heterocycles. The van der Waals surface area contributed by atoms with Crippen molar-refractivity contribution in [2.45, 2.75) is 12.6 Å². The van der Waals surface area contributed by atoms with Gasteiger partial charge < -0.3 is 9.30 Å². The van der Waals surface area contributed by atoms with Gasteiger partial charge in [0.1, 0.15) is 0 Å². The van der Waals surface area contributed by atoms with Crippen LogP contribution in [0.4, 0.5) is 0 Å². The van der Waals surface area contributed by atoms with Crippen molar-refractivity contribution in [3.63, 3.8) is 0 Å². The van der Waals surface area contributed by atoms with Crippen molar-refractivity contribution in [3.8, 4) is 0 Å². The molecule has 3 aromatic rings. The molecule has 19 heavy (non-hydrogen) atoms. The Kier molecular flexibility index (Phi) is 3.00. The lowest BCUT2D eigenvalue weighted by Crippen LogP contribution is -2.04. The summed E-state index contributed by atoms with van der Waals surface area (Å²) in [5.74, 6) is 0. The Hall–Kier alpha value is -0.340. The summed E-state index contributed by atoms with van der Waals surface area (Å²) in [7, 11) is 0. The number of halogens is 2. The molecule has 2 nitrogen and oxygen atoms in total. The fourth-order valence-corrected chi connectivity index (χ4v) is 4.81. The summed E-state index contributed by atoms with van der Waals surface area (Å²) >= 11 is 4.84. The van der Waals surface area contributed by atoms with Gasteiger partial charge in [0.05, 0.1) is 24.8 Å². The zero-order chi connectivity index (χ0) is 13.0. The van der Waals surface area contributed by atoms with Crippen LogP contribution in [0.1, 0.15) is 0 Å². The Labute approximate surface area is 138 Å². The topological polar surface area (TPSA) is 17.5 Å². The second-order valence-electron chi connectivity index (χ2n) is 4.87. The van der Waals surface area contributed by atoms with Crippen molar-refractivity contribution in [3.05, 3.63) is 43.5 Å². The van der Waals surface area contributed by atoms with Gasteiger partial charge in [0.25, 0.3) is 0 Å². The van der Waals surface area contributed by atoms with Crippen LogP contribution in [0.2, 0.25) is 0 Å². The third kappa shape index (κ3) is 2.08. The first-order valence-corrected chi connectivity index (χ1v) is 8.37. The van der Waals surface area contributed by atoms with Crippen LogP contribution in [0.3, 0.4) is 0 Å². The summed E-state index contributed by atoms with van der Waals surface area (Å²) in [5.41, 5.74) is 2.66. The average Bonchev–Trinajstić information content (AvgIpc) is 3.14. The predicted octanol–water partition coefficient (Wildman–Crippen LogP) is 4.40. The fraction of sp³-hybridized carbons (Fsp3) is 0.200. The molecule has 1 aromatic heterocycles. The predicted molar refractivity (Wildman–Crippen MR) is 94.6 cm³/mol. The normalized spacial score (nSPS) is 18.3. The van der Waals surface area contributed by atoms with Gasteiger partial charge in [0.2, 0.25) is 0 Å². The van der Waals surface area contributed by atoms with Gasteiger partial charge >= 0.3 is 0 Å². The number of rotatable bonds is 2. The number of para-hydroxylation sites is 1. The van der Waals surface area contributed by atoms with Crippen molar-refractivity contribution in [1.82, 2.24) is 4.57 Å².